The number of rotatable bonds is 10. The van der Waals surface area contributed by atoms with E-state index < -0.39 is 29.7 Å². The molecule has 1 N–H and O–H groups in total. The van der Waals surface area contributed by atoms with Gasteiger partial charge in [0.25, 0.3) is 5.56 Å². The first kappa shape index (κ1) is 27.1. The molecule has 9 nitrogen and oxygen atoms in total. The van der Waals surface area contributed by atoms with E-state index in [1.54, 1.807) is 6.92 Å². The zero-order valence-corrected chi connectivity index (χ0v) is 21.9. The van der Waals surface area contributed by atoms with Crippen molar-refractivity contribution >= 4 is 6.16 Å². The van der Waals surface area contributed by atoms with Crippen molar-refractivity contribution in [1.29, 1.82) is 0 Å². The Morgan fingerprint density at radius 3 is 2.65 bits per heavy atom. The standard InChI is InChI=1S/C28H39N3O6/c1-3-23-24(16-25(36-23)31-17-20(2)26(32)29-27(31)33)37-28(34)35-15-14-30(18-21-10-6-4-7-11-21)19-22-12-8-5-9-13-22/h4,6-7,10-11,17,22-25H,3,5,8-9,12-16,18-19H2,1-2H3,(H,29,32,33)/t23-,24-,25-/m1/s1. The van der Waals surface area contributed by atoms with Crippen molar-refractivity contribution in [1.82, 2.24) is 14.5 Å². The van der Waals surface area contributed by atoms with Crippen molar-refractivity contribution in [2.75, 3.05) is 19.7 Å². The first-order chi connectivity index (χ1) is 17.9. The third kappa shape index (κ3) is 7.55. The number of nitrogens with zero attached hydrogens (tertiary/aromatic N) is 2. The van der Waals surface area contributed by atoms with Crippen LogP contribution in [0.1, 0.15) is 69.2 Å². The summed E-state index contributed by atoms with van der Waals surface area (Å²) in [5, 5.41) is 0. The molecule has 0 amide bonds. The highest BCUT2D eigenvalue weighted by molar-refractivity contribution is 5.60. The van der Waals surface area contributed by atoms with Crippen molar-refractivity contribution in [2.45, 2.75) is 83.8 Å². The van der Waals surface area contributed by atoms with E-state index in [0.29, 0.717) is 30.9 Å². The number of hydrogen-bond donors (Lipinski definition) is 1. The summed E-state index contributed by atoms with van der Waals surface area (Å²) in [5.41, 5.74) is 0.685. The van der Waals surface area contributed by atoms with Crippen LogP contribution in [-0.4, -0.2) is 52.5 Å². The number of aromatic nitrogens is 2. The van der Waals surface area contributed by atoms with Crippen molar-refractivity contribution in [2.24, 2.45) is 5.92 Å². The largest absolute Gasteiger partial charge is 0.508 e. The molecule has 0 bridgehead atoms. The average molecular weight is 514 g/mol. The van der Waals surface area contributed by atoms with Gasteiger partial charge in [0.1, 0.15) is 18.9 Å². The van der Waals surface area contributed by atoms with Gasteiger partial charge in [-0.1, -0.05) is 56.5 Å². The predicted octanol–water partition coefficient (Wildman–Crippen LogP) is 4.15. The van der Waals surface area contributed by atoms with Gasteiger partial charge in [0, 0.05) is 37.8 Å². The van der Waals surface area contributed by atoms with Crippen molar-refractivity contribution in [3.63, 3.8) is 0 Å². The number of carbonyl (C=O) groups is 1. The molecule has 0 spiro atoms. The summed E-state index contributed by atoms with van der Waals surface area (Å²) in [4.78, 5) is 41.2. The van der Waals surface area contributed by atoms with Crippen molar-refractivity contribution in [3.8, 4) is 0 Å². The highest BCUT2D eigenvalue weighted by atomic mass is 16.7. The van der Waals surface area contributed by atoms with Gasteiger partial charge in [0.2, 0.25) is 0 Å². The molecular weight excluding hydrogens is 474 g/mol. The molecule has 2 aliphatic rings. The van der Waals surface area contributed by atoms with Gasteiger partial charge >= 0.3 is 11.8 Å². The Kier molecular flexibility index (Phi) is 9.57. The molecule has 4 rings (SSSR count). The summed E-state index contributed by atoms with van der Waals surface area (Å²) in [6.45, 7) is 6.25. The van der Waals surface area contributed by atoms with Crippen LogP contribution in [0.25, 0.3) is 0 Å². The van der Waals surface area contributed by atoms with Crippen molar-refractivity contribution in [3.05, 3.63) is 68.5 Å². The van der Waals surface area contributed by atoms with Gasteiger partial charge in [-0.3, -0.25) is 19.2 Å². The number of nitrogens with one attached hydrogen (secondary N) is 1. The Labute approximate surface area is 217 Å². The van der Waals surface area contributed by atoms with Crippen LogP contribution in [0.4, 0.5) is 4.79 Å². The molecule has 2 heterocycles. The maximum absolute atomic E-state index is 12.6. The average Bonchev–Trinajstić information content (AvgIpc) is 3.29. The second-order valence-electron chi connectivity index (χ2n) is 10.2. The minimum absolute atomic E-state index is 0.241. The van der Waals surface area contributed by atoms with E-state index in [2.05, 4.69) is 22.0 Å². The molecule has 1 saturated heterocycles. The quantitative estimate of drug-likeness (QED) is 0.476. The summed E-state index contributed by atoms with van der Waals surface area (Å²) in [7, 11) is 0. The number of H-pyrrole nitrogens is 1. The number of aromatic amines is 1. The third-order valence-corrected chi connectivity index (χ3v) is 7.40. The van der Waals surface area contributed by atoms with Gasteiger partial charge in [-0.05, 0) is 37.7 Å². The van der Waals surface area contributed by atoms with E-state index in [0.717, 1.165) is 13.1 Å². The lowest BCUT2D eigenvalue weighted by Crippen LogP contribution is -2.34. The summed E-state index contributed by atoms with van der Waals surface area (Å²) in [6.07, 6.45) is 6.57. The fourth-order valence-corrected chi connectivity index (χ4v) is 5.38. The molecule has 1 aliphatic heterocycles. The zero-order valence-electron chi connectivity index (χ0n) is 21.9. The monoisotopic (exact) mass is 513 g/mol. The molecule has 0 unspecified atom stereocenters. The van der Waals surface area contributed by atoms with Crippen LogP contribution in [0.2, 0.25) is 0 Å². The molecule has 202 valence electrons. The molecule has 1 aromatic heterocycles. The lowest BCUT2D eigenvalue weighted by Gasteiger charge is -2.29. The Bertz CT molecular complexity index is 1120. The van der Waals surface area contributed by atoms with Crippen LogP contribution in [0.15, 0.2) is 46.1 Å². The number of hydrogen-bond acceptors (Lipinski definition) is 7. The molecule has 1 saturated carbocycles. The number of aryl methyl sites for hydroxylation is 1. The van der Waals surface area contributed by atoms with Gasteiger partial charge in [0.15, 0.2) is 0 Å². The molecule has 1 aromatic carbocycles. The van der Waals surface area contributed by atoms with Crippen LogP contribution in [0.3, 0.4) is 0 Å². The third-order valence-electron chi connectivity index (χ3n) is 7.40. The van der Waals surface area contributed by atoms with E-state index in [4.69, 9.17) is 14.2 Å². The summed E-state index contributed by atoms with van der Waals surface area (Å²) in [6, 6.07) is 10.4. The van der Waals surface area contributed by atoms with Crippen LogP contribution in [0.5, 0.6) is 0 Å². The lowest BCUT2D eigenvalue weighted by atomic mass is 9.89. The van der Waals surface area contributed by atoms with E-state index in [-0.39, 0.29) is 12.7 Å². The minimum atomic E-state index is -0.727. The summed E-state index contributed by atoms with van der Waals surface area (Å²) in [5.74, 6) is 0.683. The Morgan fingerprint density at radius 1 is 1.16 bits per heavy atom. The first-order valence-corrected chi connectivity index (χ1v) is 13.5. The summed E-state index contributed by atoms with van der Waals surface area (Å²) < 4.78 is 18.4. The number of carbonyl (C=O) groups excluding carboxylic acids is 1. The van der Waals surface area contributed by atoms with Gasteiger partial charge in [-0.15, -0.1) is 0 Å². The smallest absolute Gasteiger partial charge is 0.433 e. The highest BCUT2D eigenvalue weighted by Crippen LogP contribution is 2.32. The summed E-state index contributed by atoms with van der Waals surface area (Å²) >= 11 is 0. The maximum atomic E-state index is 12.6. The molecule has 3 atom stereocenters. The van der Waals surface area contributed by atoms with E-state index in [1.165, 1.54) is 48.4 Å². The van der Waals surface area contributed by atoms with Crippen LogP contribution in [-0.2, 0) is 20.8 Å². The molecule has 0 radical (unpaired) electrons. The van der Waals surface area contributed by atoms with Gasteiger partial charge in [-0.25, -0.2) is 9.59 Å². The SMILES string of the molecule is CC[C@H]1O[C@@H](n2cc(C)c(=O)[nH]c2=O)C[C@H]1OC(=O)OCCN(Cc1ccccc1)CC1CCCCC1. The normalized spacial score (nSPS) is 22.3. The van der Waals surface area contributed by atoms with Crippen LogP contribution < -0.4 is 11.2 Å². The molecule has 9 heteroatoms. The second kappa shape index (κ2) is 13.1. The van der Waals surface area contributed by atoms with Gasteiger partial charge in [0.05, 0.1) is 6.10 Å². The van der Waals surface area contributed by atoms with Crippen LogP contribution in [0, 0.1) is 12.8 Å². The maximum Gasteiger partial charge on any atom is 0.508 e. The minimum Gasteiger partial charge on any atom is -0.433 e. The van der Waals surface area contributed by atoms with Crippen LogP contribution >= 0.6 is 0 Å². The topological polar surface area (TPSA) is 103 Å². The van der Waals surface area contributed by atoms with E-state index in [9.17, 15) is 14.4 Å². The Hall–Kier alpha value is -2.91. The van der Waals surface area contributed by atoms with E-state index >= 15 is 0 Å². The number of benzene rings is 1. The molecule has 2 fully saturated rings. The zero-order chi connectivity index (χ0) is 26.2. The molecule has 2 aromatic rings. The fourth-order valence-electron chi connectivity index (χ4n) is 5.38. The molecular formula is C28H39N3O6. The second-order valence-corrected chi connectivity index (χ2v) is 10.2. The van der Waals surface area contributed by atoms with Gasteiger partial charge in [-0.2, -0.15) is 0 Å². The van der Waals surface area contributed by atoms with E-state index in [1.807, 2.05) is 25.1 Å². The molecule has 37 heavy (non-hydrogen) atoms. The Morgan fingerprint density at radius 2 is 1.92 bits per heavy atom. The van der Waals surface area contributed by atoms with Gasteiger partial charge < -0.3 is 14.2 Å². The Balaban J connectivity index is 1.30. The molecule has 1 aliphatic carbocycles. The highest BCUT2D eigenvalue weighted by Gasteiger charge is 2.38. The first-order valence-electron chi connectivity index (χ1n) is 13.5. The van der Waals surface area contributed by atoms with Crippen molar-refractivity contribution < 1.29 is 19.0 Å². The predicted molar refractivity (Wildman–Crippen MR) is 139 cm³/mol. The number of ether oxygens (including phenoxy) is 3. The lowest BCUT2D eigenvalue weighted by molar-refractivity contribution is -0.0384. The fraction of sp³-hybridized carbons (Fsp3) is 0.607.